The van der Waals surface area contributed by atoms with Crippen LogP contribution in [0.2, 0.25) is 0 Å². The molecule has 0 unspecified atom stereocenters. The van der Waals surface area contributed by atoms with E-state index in [4.69, 9.17) is 0 Å². The molecule has 0 aliphatic carbocycles. The molecule has 2 aromatic rings. The molecule has 3 nitrogen and oxygen atoms in total. The molecule has 0 radical (unpaired) electrons. The zero-order chi connectivity index (χ0) is 17.2. The third-order valence-corrected chi connectivity index (χ3v) is 4.54. The van der Waals surface area contributed by atoms with Crippen molar-refractivity contribution in [3.8, 4) is 0 Å². The van der Waals surface area contributed by atoms with E-state index >= 15 is 0 Å². The van der Waals surface area contributed by atoms with E-state index in [1.165, 1.54) is 0 Å². The molecule has 0 aliphatic heterocycles. The normalized spacial score (nSPS) is 10.7. The number of hydrogen-bond donors (Lipinski definition) is 1. The topological polar surface area (TPSA) is 32.3 Å². The van der Waals surface area contributed by atoms with Crippen LogP contribution in [0.1, 0.15) is 12.0 Å². The second-order valence-corrected chi connectivity index (χ2v) is 6.87. The van der Waals surface area contributed by atoms with Crippen molar-refractivity contribution in [2.24, 2.45) is 0 Å². The van der Waals surface area contributed by atoms with E-state index in [9.17, 15) is 4.79 Å². The lowest BCUT2D eigenvalue weighted by molar-refractivity contribution is -0.111. The van der Waals surface area contributed by atoms with Crippen LogP contribution in [-0.2, 0) is 4.79 Å². The maximum Gasteiger partial charge on any atom is 0.248 e. The molecule has 134 valence electrons. The number of anilines is 1. The Labute approximate surface area is 160 Å². The molecule has 1 amide bonds. The van der Waals surface area contributed by atoms with Crippen LogP contribution < -0.4 is 5.32 Å². The van der Waals surface area contributed by atoms with Gasteiger partial charge < -0.3 is 10.2 Å². The number of hydrogen-bond acceptors (Lipinski definition) is 3. The van der Waals surface area contributed by atoms with E-state index in [-0.39, 0.29) is 18.3 Å². The average molecular weight is 377 g/mol. The van der Waals surface area contributed by atoms with Crippen molar-refractivity contribution in [2.45, 2.75) is 11.3 Å². The molecule has 0 heterocycles. The molecule has 1 N–H and O–H groups in total. The van der Waals surface area contributed by atoms with Crippen molar-refractivity contribution in [1.29, 1.82) is 0 Å². The highest BCUT2D eigenvalue weighted by molar-refractivity contribution is 7.99. The Morgan fingerprint density at radius 2 is 1.76 bits per heavy atom. The molecule has 0 bridgehead atoms. The van der Waals surface area contributed by atoms with Gasteiger partial charge in [-0.1, -0.05) is 42.5 Å². The molecule has 25 heavy (non-hydrogen) atoms. The standard InChI is InChI=1S/C20H24N2OS.ClH/c1-22(2)15-8-16-24-19-12-7-6-11-18(19)21-20(23)14-13-17-9-4-3-5-10-17;/h3-7,9-14H,8,15-16H2,1-2H3,(H,21,23);1H/b14-13+;. The summed E-state index contributed by atoms with van der Waals surface area (Å²) in [4.78, 5) is 15.4. The maximum atomic E-state index is 12.1. The van der Waals surface area contributed by atoms with Gasteiger partial charge in [0, 0.05) is 11.0 Å². The number of carbonyl (C=O) groups excluding carboxylic acids is 1. The lowest BCUT2D eigenvalue weighted by atomic mass is 10.2. The summed E-state index contributed by atoms with van der Waals surface area (Å²) in [5.41, 5.74) is 1.88. The van der Waals surface area contributed by atoms with Crippen molar-refractivity contribution in [3.05, 3.63) is 66.2 Å². The fraction of sp³-hybridized carbons (Fsp3) is 0.250. The van der Waals surface area contributed by atoms with Crippen molar-refractivity contribution >= 4 is 41.8 Å². The summed E-state index contributed by atoms with van der Waals surface area (Å²) >= 11 is 1.78. The average Bonchev–Trinajstić information content (AvgIpc) is 2.59. The lowest BCUT2D eigenvalue weighted by Crippen LogP contribution is -2.13. The van der Waals surface area contributed by atoms with Crippen LogP contribution in [0.15, 0.2) is 65.6 Å². The highest BCUT2D eigenvalue weighted by atomic mass is 35.5. The number of amides is 1. The van der Waals surface area contributed by atoms with Gasteiger partial charge in [0.05, 0.1) is 5.69 Å². The zero-order valence-corrected chi connectivity index (χ0v) is 16.3. The summed E-state index contributed by atoms with van der Waals surface area (Å²) in [6.07, 6.45) is 4.51. The summed E-state index contributed by atoms with van der Waals surface area (Å²) in [6.45, 7) is 1.07. The monoisotopic (exact) mass is 376 g/mol. The van der Waals surface area contributed by atoms with E-state index in [2.05, 4.69) is 30.4 Å². The van der Waals surface area contributed by atoms with E-state index in [0.29, 0.717) is 0 Å². The molecule has 0 aromatic heterocycles. The van der Waals surface area contributed by atoms with Crippen LogP contribution >= 0.6 is 24.2 Å². The summed E-state index contributed by atoms with van der Waals surface area (Å²) in [5.74, 6) is 0.922. The number of halogens is 1. The van der Waals surface area contributed by atoms with Crippen molar-refractivity contribution in [1.82, 2.24) is 4.90 Å². The Balaban J connectivity index is 0.00000312. The fourth-order valence-corrected chi connectivity index (χ4v) is 3.11. The minimum Gasteiger partial charge on any atom is -0.321 e. The predicted octanol–water partition coefficient (Wildman–Crippen LogP) is 4.80. The Morgan fingerprint density at radius 3 is 2.48 bits per heavy atom. The first-order valence-electron chi connectivity index (χ1n) is 8.06. The summed E-state index contributed by atoms with van der Waals surface area (Å²) < 4.78 is 0. The van der Waals surface area contributed by atoms with Gasteiger partial charge in [-0.05, 0) is 56.6 Å². The van der Waals surface area contributed by atoms with Crippen molar-refractivity contribution in [3.63, 3.8) is 0 Å². The third kappa shape index (κ3) is 8.25. The van der Waals surface area contributed by atoms with Crippen LogP contribution in [0, 0.1) is 0 Å². The van der Waals surface area contributed by atoms with Gasteiger partial charge >= 0.3 is 0 Å². The highest BCUT2D eigenvalue weighted by Crippen LogP contribution is 2.27. The number of rotatable bonds is 8. The van der Waals surface area contributed by atoms with Crippen molar-refractivity contribution < 1.29 is 4.79 Å². The number of para-hydroxylation sites is 1. The smallest absolute Gasteiger partial charge is 0.248 e. The molecular formula is C20H25ClN2OS. The minimum atomic E-state index is -0.111. The molecule has 2 aromatic carbocycles. The Morgan fingerprint density at radius 1 is 1.08 bits per heavy atom. The number of nitrogens with zero attached hydrogens (tertiary/aromatic N) is 1. The molecule has 0 atom stereocenters. The quantitative estimate of drug-likeness (QED) is 0.408. The first-order chi connectivity index (χ1) is 11.6. The largest absolute Gasteiger partial charge is 0.321 e. The van der Waals surface area contributed by atoms with Crippen LogP contribution in [0.3, 0.4) is 0 Å². The Hall–Kier alpha value is -1.75. The Bertz CT molecular complexity index is 674. The van der Waals surface area contributed by atoms with Gasteiger partial charge in [-0.15, -0.1) is 24.2 Å². The van der Waals surface area contributed by atoms with E-state index in [1.807, 2.05) is 54.6 Å². The van der Waals surface area contributed by atoms with Gasteiger partial charge in [-0.3, -0.25) is 4.79 Å². The van der Waals surface area contributed by atoms with E-state index in [0.717, 1.165) is 34.9 Å². The number of carbonyl (C=O) groups is 1. The van der Waals surface area contributed by atoms with Gasteiger partial charge in [0.25, 0.3) is 0 Å². The maximum absolute atomic E-state index is 12.1. The minimum absolute atomic E-state index is 0. The van der Waals surface area contributed by atoms with E-state index in [1.54, 1.807) is 17.8 Å². The highest BCUT2D eigenvalue weighted by Gasteiger charge is 2.05. The van der Waals surface area contributed by atoms with Gasteiger partial charge in [-0.25, -0.2) is 0 Å². The summed E-state index contributed by atoms with van der Waals surface area (Å²) in [5, 5.41) is 2.97. The van der Waals surface area contributed by atoms with Gasteiger partial charge in [0.15, 0.2) is 0 Å². The van der Waals surface area contributed by atoms with Crippen LogP contribution in [-0.4, -0.2) is 37.2 Å². The predicted molar refractivity (Wildman–Crippen MR) is 112 cm³/mol. The molecular weight excluding hydrogens is 352 g/mol. The lowest BCUT2D eigenvalue weighted by Gasteiger charge is -2.11. The number of nitrogens with one attached hydrogen (secondary N) is 1. The molecule has 0 aliphatic rings. The van der Waals surface area contributed by atoms with Crippen molar-refractivity contribution in [2.75, 3.05) is 31.7 Å². The number of benzene rings is 2. The van der Waals surface area contributed by atoms with Crippen LogP contribution in [0.5, 0.6) is 0 Å². The second-order valence-electron chi connectivity index (χ2n) is 5.73. The Kier molecular flexibility index (Phi) is 10.0. The molecule has 2 rings (SSSR count). The third-order valence-electron chi connectivity index (χ3n) is 3.38. The first-order valence-corrected chi connectivity index (χ1v) is 9.04. The second kappa shape index (κ2) is 11.7. The molecule has 0 fully saturated rings. The summed E-state index contributed by atoms with van der Waals surface area (Å²) in [7, 11) is 4.16. The first kappa shape index (κ1) is 21.3. The SMILES string of the molecule is CN(C)CCCSc1ccccc1NC(=O)/C=C/c1ccccc1.Cl. The van der Waals surface area contributed by atoms with Gasteiger partial charge in [-0.2, -0.15) is 0 Å². The molecule has 5 heteroatoms. The van der Waals surface area contributed by atoms with Gasteiger partial charge in [0.2, 0.25) is 5.91 Å². The molecule has 0 spiro atoms. The summed E-state index contributed by atoms with van der Waals surface area (Å²) in [6, 6.07) is 17.8. The van der Waals surface area contributed by atoms with E-state index < -0.39 is 0 Å². The van der Waals surface area contributed by atoms with Gasteiger partial charge in [0.1, 0.15) is 0 Å². The van der Waals surface area contributed by atoms with Crippen LogP contribution in [0.25, 0.3) is 6.08 Å². The molecule has 0 saturated carbocycles. The van der Waals surface area contributed by atoms with Crippen LogP contribution in [0.4, 0.5) is 5.69 Å². The number of thioether (sulfide) groups is 1. The fourth-order valence-electron chi connectivity index (χ4n) is 2.17. The zero-order valence-electron chi connectivity index (χ0n) is 14.6. The molecule has 0 saturated heterocycles.